The minimum atomic E-state index is 0.0287. The number of ether oxygens (including phenoxy) is 1. The molecule has 0 atom stereocenters. The van der Waals surface area contributed by atoms with Crippen molar-refractivity contribution in [1.82, 2.24) is 20.0 Å². The molecule has 7 nitrogen and oxygen atoms in total. The predicted molar refractivity (Wildman–Crippen MR) is 108 cm³/mol. The molecule has 2 aromatic heterocycles. The van der Waals surface area contributed by atoms with Crippen molar-refractivity contribution in [2.24, 2.45) is 0 Å². The van der Waals surface area contributed by atoms with Crippen LogP contribution in [0, 0.1) is 0 Å². The topological polar surface area (TPSA) is 81.4 Å². The third kappa shape index (κ3) is 4.34. The zero-order valence-electron chi connectivity index (χ0n) is 16.0. The molecule has 3 heterocycles. The number of likely N-dealkylation sites (tertiary alicyclic amines) is 1. The van der Waals surface area contributed by atoms with Crippen LogP contribution in [0.1, 0.15) is 34.9 Å². The summed E-state index contributed by atoms with van der Waals surface area (Å²) in [7, 11) is 0. The third-order valence-corrected chi connectivity index (χ3v) is 4.94. The first-order valence-electron chi connectivity index (χ1n) is 9.62. The molecular formula is C22H22N4O3. The number of pyridine rings is 1. The van der Waals surface area contributed by atoms with Crippen LogP contribution in [0.5, 0.6) is 5.75 Å². The summed E-state index contributed by atoms with van der Waals surface area (Å²) in [4.78, 5) is 23.4. The van der Waals surface area contributed by atoms with Crippen molar-refractivity contribution in [3.8, 4) is 17.3 Å². The van der Waals surface area contributed by atoms with Crippen LogP contribution in [0.2, 0.25) is 0 Å². The molecule has 0 unspecified atom stereocenters. The van der Waals surface area contributed by atoms with Gasteiger partial charge in [0.15, 0.2) is 5.82 Å². The van der Waals surface area contributed by atoms with E-state index >= 15 is 0 Å². The van der Waals surface area contributed by atoms with Crippen LogP contribution < -0.4 is 4.74 Å². The summed E-state index contributed by atoms with van der Waals surface area (Å²) in [6.07, 6.45) is 4.98. The maximum Gasteiger partial charge on any atom is 0.276 e. The van der Waals surface area contributed by atoms with Crippen LogP contribution in [0.4, 0.5) is 0 Å². The highest BCUT2D eigenvalue weighted by atomic mass is 16.5. The lowest BCUT2D eigenvalue weighted by atomic mass is 9.95. The standard InChI is InChI=1S/C22H22N4O3/c1-2-15-28-18-8-6-17(7-9-18)22(27)26-13-10-16(11-14-26)20-24-21(29-25-20)19-5-3-4-12-23-19/h2-9,12,16H,1,10-11,13-15H2. The van der Waals surface area contributed by atoms with E-state index in [1.807, 2.05) is 35.2 Å². The molecule has 0 aliphatic carbocycles. The molecule has 0 bridgehead atoms. The molecular weight excluding hydrogens is 368 g/mol. The highest BCUT2D eigenvalue weighted by Crippen LogP contribution is 2.28. The predicted octanol–water partition coefficient (Wildman–Crippen LogP) is 3.72. The molecule has 3 aromatic rings. The van der Waals surface area contributed by atoms with Crippen molar-refractivity contribution in [1.29, 1.82) is 0 Å². The molecule has 1 aromatic carbocycles. The maximum atomic E-state index is 12.8. The van der Waals surface area contributed by atoms with Gasteiger partial charge in [0.05, 0.1) is 0 Å². The number of aromatic nitrogens is 3. The van der Waals surface area contributed by atoms with Gasteiger partial charge < -0.3 is 14.2 Å². The Morgan fingerprint density at radius 2 is 2.00 bits per heavy atom. The Bertz CT molecular complexity index is 961. The van der Waals surface area contributed by atoms with Crippen LogP contribution in [-0.4, -0.2) is 45.6 Å². The summed E-state index contributed by atoms with van der Waals surface area (Å²) < 4.78 is 10.8. The molecule has 0 saturated carbocycles. The first-order valence-corrected chi connectivity index (χ1v) is 9.62. The zero-order chi connectivity index (χ0) is 20.1. The third-order valence-electron chi connectivity index (χ3n) is 4.94. The van der Waals surface area contributed by atoms with E-state index in [1.165, 1.54) is 0 Å². The Morgan fingerprint density at radius 1 is 1.21 bits per heavy atom. The molecule has 7 heteroatoms. The number of benzene rings is 1. The number of hydrogen-bond donors (Lipinski definition) is 0. The molecule has 0 radical (unpaired) electrons. The summed E-state index contributed by atoms with van der Waals surface area (Å²) in [6, 6.07) is 12.8. The largest absolute Gasteiger partial charge is 0.490 e. The lowest BCUT2D eigenvalue weighted by molar-refractivity contribution is 0.0710. The van der Waals surface area contributed by atoms with E-state index in [1.54, 1.807) is 24.4 Å². The highest BCUT2D eigenvalue weighted by Gasteiger charge is 2.27. The summed E-state index contributed by atoms with van der Waals surface area (Å²) in [6.45, 7) is 5.38. The van der Waals surface area contributed by atoms with Crippen molar-refractivity contribution in [3.63, 3.8) is 0 Å². The van der Waals surface area contributed by atoms with Crippen molar-refractivity contribution in [2.45, 2.75) is 18.8 Å². The molecule has 0 N–H and O–H groups in total. The Balaban J connectivity index is 1.35. The average molecular weight is 390 g/mol. The molecule has 29 heavy (non-hydrogen) atoms. The Kier molecular flexibility index (Phi) is 5.65. The fraction of sp³-hybridized carbons (Fsp3) is 0.273. The van der Waals surface area contributed by atoms with Crippen molar-refractivity contribution >= 4 is 5.91 Å². The monoisotopic (exact) mass is 390 g/mol. The van der Waals surface area contributed by atoms with E-state index in [9.17, 15) is 4.79 Å². The number of nitrogens with zero attached hydrogens (tertiary/aromatic N) is 4. The second-order valence-electron chi connectivity index (χ2n) is 6.86. The summed E-state index contributed by atoms with van der Waals surface area (Å²) in [5.41, 5.74) is 1.32. The smallest absolute Gasteiger partial charge is 0.276 e. The van der Waals surface area contributed by atoms with Gasteiger partial charge in [-0.15, -0.1) is 0 Å². The van der Waals surface area contributed by atoms with Crippen molar-refractivity contribution < 1.29 is 14.1 Å². The highest BCUT2D eigenvalue weighted by molar-refractivity contribution is 5.94. The fourth-order valence-electron chi connectivity index (χ4n) is 3.37. The summed E-state index contributed by atoms with van der Waals surface area (Å²) in [5, 5.41) is 4.13. The van der Waals surface area contributed by atoms with Gasteiger partial charge >= 0.3 is 0 Å². The normalized spacial score (nSPS) is 14.6. The van der Waals surface area contributed by atoms with E-state index < -0.39 is 0 Å². The molecule has 0 spiro atoms. The Morgan fingerprint density at radius 3 is 2.69 bits per heavy atom. The van der Waals surface area contributed by atoms with Gasteiger partial charge in [-0.05, 0) is 49.2 Å². The van der Waals surface area contributed by atoms with Gasteiger partial charge in [0.2, 0.25) is 0 Å². The molecule has 1 aliphatic heterocycles. The molecule has 1 fully saturated rings. The van der Waals surface area contributed by atoms with Gasteiger partial charge in [0.25, 0.3) is 11.8 Å². The number of carbonyl (C=O) groups excluding carboxylic acids is 1. The summed E-state index contributed by atoms with van der Waals surface area (Å²) >= 11 is 0. The van der Waals surface area contributed by atoms with E-state index in [-0.39, 0.29) is 11.8 Å². The number of piperidine rings is 1. The molecule has 1 amide bonds. The van der Waals surface area contributed by atoms with Crippen molar-refractivity contribution in [2.75, 3.05) is 19.7 Å². The van der Waals surface area contributed by atoms with E-state index in [0.29, 0.717) is 42.7 Å². The second kappa shape index (κ2) is 8.68. The maximum absolute atomic E-state index is 12.8. The van der Waals surface area contributed by atoms with Gasteiger partial charge in [-0.25, -0.2) is 0 Å². The number of carbonyl (C=O) groups is 1. The van der Waals surface area contributed by atoms with Crippen LogP contribution >= 0.6 is 0 Å². The van der Waals surface area contributed by atoms with E-state index in [0.717, 1.165) is 18.6 Å². The first kappa shape index (κ1) is 18.9. The van der Waals surface area contributed by atoms with Gasteiger partial charge in [-0.1, -0.05) is 23.9 Å². The minimum absolute atomic E-state index is 0.0287. The molecule has 1 saturated heterocycles. The Labute approximate surface area is 169 Å². The van der Waals surface area contributed by atoms with Crippen LogP contribution in [0.25, 0.3) is 11.6 Å². The average Bonchev–Trinajstić information content (AvgIpc) is 3.29. The fourth-order valence-corrected chi connectivity index (χ4v) is 3.37. The first-order chi connectivity index (χ1) is 14.2. The van der Waals surface area contributed by atoms with Crippen LogP contribution in [0.15, 0.2) is 65.8 Å². The molecule has 4 rings (SSSR count). The number of hydrogen-bond acceptors (Lipinski definition) is 6. The number of rotatable bonds is 6. The van der Waals surface area contributed by atoms with Gasteiger partial charge in [0.1, 0.15) is 18.1 Å². The van der Waals surface area contributed by atoms with Crippen LogP contribution in [0.3, 0.4) is 0 Å². The zero-order valence-corrected chi connectivity index (χ0v) is 16.0. The Hall–Kier alpha value is -3.48. The quantitative estimate of drug-likeness (QED) is 0.597. The summed E-state index contributed by atoms with van der Waals surface area (Å²) in [5.74, 6) is 2.04. The van der Waals surface area contributed by atoms with Gasteiger partial charge in [-0.3, -0.25) is 9.78 Å². The molecule has 1 aliphatic rings. The minimum Gasteiger partial charge on any atom is -0.490 e. The van der Waals surface area contributed by atoms with Crippen molar-refractivity contribution in [3.05, 3.63) is 72.7 Å². The second-order valence-corrected chi connectivity index (χ2v) is 6.86. The lowest BCUT2D eigenvalue weighted by Gasteiger charge is -2.30. The lowest BCUT2D eigenvalue weighted by Crippen LogP contribution is -2.38. The van der Waals surface area contributed by atoms with Gasteiger partial charge in [0, 0.05) is 30.8 Å². The number of amides is 1. The SMILES string of the molecule is C=CCOc1ccc(C(=O)N2CCC(c3noc(-c4ccccn4)n3)CC2)cc1. The van der Waals surface area contributed by atoms with Gasteiger partial charge in [-0.2, -0.15) is 4.98 Å². The van der Waals surface area contributed by atoms with Crippen LogP contribution in [-0.2, 0) is 0 Å². The molecule has 148 valence electrons. The van der Waals surface area contributed by atoms with E-state index in [2.05, 4.69) is 21.7 Å². The van der Waals surface area contributed by atoms with E-state index in [4.69, 9.17) is 9.26 Å².